The standard InChI is InChI=1S/C13H15NO5/c1-3-18-13(17)12(16)8-4-5-10-9(6-8)14(2)11(15)7-19-10/h4-6,12,16H,3,7H2,1-2H3. The quantitative estimate of drug-likeness (QED) is 0.812. The fourth-order valence-electron chi connectivity index (χ4n) is 1.82. The molecule has 1 aromatic carbocycles. The number of aliphatic hydroxyl groups is 1. The number of carbonyl (C=O) groups is 2. The van der Waals surface area contributed by atoms with E-state index in [9.17, 15) is 14.7 Å². The molecule has 1 aromatic rings. The molecule has 1 N–H and O–H groups in total. The Bertz CT molecular complexity index is 514. The van der Waals surface area contributed by atoms with E-state index in [4.69, 9.17) is 9.47 Å². The zero-order valence-corrected chi connectivity index (χ0v) is 10.8. The molecule has 2 rings (SSSR count). The van der Waals surface area contributed by atoms with Crippen molar-refractivity contribution in [2.24, 2.45) is 0 Å². The smallest absolute Gasteiger partial charge is 0.339 e. The van der Waals surface area contributed by atoms with Gasteiger partial charge in [0.15, 0.2) is 12.7 Å². The lowest BCUT2D eigenvalue weighted by Crippen LogP contribution is -2.35. The second kappa shape index (κ2) is 5.27. The summed E-state index contributed by atoms with van der Waals surface area (Å²) in [4.78, 5) is 24.4. The molecule has 6 nitrogen and oxygen atoms in total. The molecule has 0 aromatic heterocycles. The fourth-order valence-corrected chi connectivity index (χ4v) is 1.82. The third-order valence-electron chi connectivity index (χ3n) is 2.90. The maximum atomic E-state index is 11.5. The topological polar surface area (TPSA) is 76.1 Å². The predicted octanol–water partition coefficient (Wildman–Crippen LogP) is 0.638. The third kappa shape index (κ3) is 2.53. The van der Waals surface area contributed by atoms with Crippen molar-refractivity contribution in [3.63, 3.8) is 0 Å². The van der Waals surface area contributed by atoms with Crippen LogP contribution in [0.2, 0.25) is 0 Å². The number of amides is 1. The highest BCUT2D eigenvalue weighted by Gasteiger charge is 2.25. The van der Waals surface area contributed by atoms with E-state index in [2.05, 4.69) is 0 Å². The van der Waals surface area contributed by atoms with Crippen molar-refractivity contribution >= 4 is 17.6 Å². The Morgan fingerprint density at radius 2 is 2.32 bits per heavy atom. The van der Waals surface area contributed by atoms with Crippen molar-refractivity contribution in [3.05, 3.63) is 23.8 Å². The average Bonchev–Trinajstić information content (AvgIpc) is 2.42. The normalized spacial score (nSPS) is 15.5. The first kappa shape index (κ1) is 13.4. The molecule has 0 saturated heterocycles. The lowest BCUT2D eigenvalue weighted by Gasteiger charge is -2.26. The molecule has 1 amide bonds. The molecule has 1 aliphatic rings. The number of fused-ring (bicyclic) bond motifs is 1. The Kier molecular flexibility index (Phi) is 3.71. The van der Waals surface area contributed by atoms with Crippen molar-refractivity contribution in [3.8, 4) is 5.75 Å². The van der Waals surface area contributed by atoms with Gasteiger partial charge in [-0.1, -0.05) is 6.07 Å². The Hall–Kier alpha value is -2.08. The summed E-state index contributed by atoms with van der Waals surface area (Å²) in [5, 5.41) is 9.86. The van der Waals surface area contributed by atoms with Crippen LogP contribution in [-0.4, -0.2) is 37.2 Å². The number of nitrogens with zero attached hydrogens (tertiary/aromatic N) is 1. The monoisotopic (exact) mass is 265 g/mol. The van der Waals surface area contributed by atoms with E-state index < -0.39 is 12.1 Å². The van der Waals surface area contributed by atoms with Gasteiger partial charge in [-0.2, -0.15) is 0 Å². The van der Waals surface area contributed by atoms with Gasteiger partial charge in [0.2, 0.25) is 0 Å². The summed E-state index contributed by atoms with van der Waals surface area (Å²) < 4.78 is 10.0. The van der Waals surface area contributed by atoms with Crippen LogP contribution in [0, 0.1) is 0 Å². The number of aliphatic hydroxyl groups excluding tert-OH is 1. The molecule has 102 valence electrons. The van der Waals surface area contributed by atoms with E-state index >= 15 is 0 Å². The van der Waals surface area contributed by atoms with Crippen molar-refractivity contribution in [2.45, 2.75) is 13.0 Å². The summed E-state index contributed by atoms with van der Waals surface area (Å²) in [5.74, 6) is -0.356. The van der Waals surface area contributed by atoms with Crippen LogP contribution in [0.5, 0.6) is 5.75 Å². The molecule has 0 saturated carbocycles. The van der Waals surface area contributed by atoms with Crippen LogP contribution in [-0.2, 0) is 14.3 Å². The highest BCUT2D eigenvalue weighted by atomic mass is 16.5. The first-order chi connectivity index (χ1) is 9.04. The molecule has 19 heavy (non-hydrogen) atoms. The second-order valence-electron chi connectivity index (χ2n) is 4.12. The summed E-state index contributed by atoms with van der Waals surface area (Å²) in [5.41, 5.74) is 0.888. The minimum absolute atomic E-state index is 0.0106. The summed E-state index contributed by atoms with van der Waals surface area (Å²) in [6.07, 6.45) is -1.37. The van der Waals surface area contributed by atoms with Crippen LogP contribution in [0.4, 0.5) is 5.69 Å². The highest BCUT2D eigenvalue weighted by molar-refractivity contribution is 5.97. The van der Waals surface area contributed by atoms with Gasteiger partial charge in [0.25, 0.3) is 5.91 Å². The highest BCUT2D eigenvalue weighted by Crippen LogP contribution is 2.33. The summed E-state index contributed by atoms with van der Waals surface area (Å²) in [7, 11) is 1.62. The van der Waals surface area contributed by atoms with E-state index in [1.165, 1.54) is 4.90 Å². The number of likely N-dealkylation sites (N-methyl/N-ethyl adjacent to an activating group) is 1. The Morgan fingerprint density at radius 3 is 3.00 bits per heavy atom. The first-order valence-corrected chi connectivity index (χ1v) is 5.92. The molecule has 0 radical (unpaired) electrons. The van der Waals surface area contributed by atoms with E-state index in [0.29, 0.717) is 17.0 Å². The van der Waals surface area contributed by atoms with E-state index in [0.717, 1.165) is 0 Å². The number of hydrogen-bond acceptors (Lipinski definition) is 5. The molecule has 0 spiro atoms. The van der Waals surface area contributed by atoms with Crippen molar-refractivity contribution in [1.82, 2.24) is 0 Å². The van der Waals surface area contributed by atoms with Crippen molar-refractivity contribution < 1.29 is 24.2 Å². The Labute approximate surface area is 110 Å². The van der Waals surface area contributed by atoms with E-state index in [1.54, 1.807) is 32.2 Å². The summed E-state index contributed by atoms with van der Waals surface area (Å²) in [6, 6.07) is 4.74. The van der Waals surface area contributed by atoms with Crippen LogP contribution in [0.1, 0.15) is 18.6 Å². The fraction of sp³-hybridized carbons (Fsp3) is 0.385. The van der Waals surface area contributed by atoms with Crippen molar-refractivity contribution in [1.29, 1.82) is 0 Å². The van der Waals surface area contributed by atoms with Gasteiger partial charge in [-0.3, -0.25) is 4.79 Å². The average molecular weight is 265 g/mol. The number of rotatable bonds is 3. The van der Waals surface area contributed by atoms with Crippen LogP contribution < -0.4 is 9.64 Å². The second-order valence-corrected chi connectivity index (χ2v) is 4.12. The zero-order chi connectivity index (χ0) is 14.0. The van der Waals surface area contributed by atoms with E-state index in [-0.39, 0.29) is 19.1 Å². The van der Waals surface area contributed by atoms with E-state index in [1.807, 2.05) is 0 Å². The molecule has 1 unspecified atom stereocenters. The molecule has 0 aliphatic carbocycles. The van der Waals surface area contributed by atoms with Gasteiger partial charge in [0.1, 0.15) is 5.75 Å². The maximum Gasteiger partial charge on any atom is 0.339 e. The maximum absolute atomic E-state index is 11.5. The number of esters is 1. The number of hydrogen-bond donors (Lipinski definition) is 1. The SMILES string of the molecule is CCOC(=O)C(O)c1ccc2c(c1)N(C)C(=O)CO2. The molecule has 1 heterocycles. The molecule has 0 bridgehead atoms. The van der Waals surface area contributed by atoms with Gasteiger partial charge in [-0.25, -0.2) is 4.79 Å². The third-order valence-corrected chi connectivity index (χ3v) is 2.90. The first-order valence-electron chi connectivity index (χ1n) is 5.92. The molecule has 1 aliphatic heterocycles. The molecule has 6 heteroatoms. The molecule has 1 atom stereocenters. The van der Waals surface area contributed by atoms with Gasteiger partial charge in [-0.05, 0) is 24.6 Å². The van der Waals surface area contributed by atoms with Gasteiger partial charge in [0.05, 0.1) is 12.3 Å². The molecular weight excluding hydrogens is 250 g/mol. The van der Waals surface area contributed by atoms with Crippen LogP contribution >= 0.6 is 0 Å². The molecular formula is C13H15NO5. The van der Waals surface area contributed by atoms with Gasteiger partial charge in [0, 0.05) is 7.05 Å². The lowest BCUT2D eigenvalue weighted by atomic mass is 10.1. The summed E-state index contributed by atoms with van der Waals surface area (Å²) >= 11 is 0. The van der Waals surface area contributed by atoms with Crippen molar-refractivity contribution in [2.75, 3.05) is 25.2 Å². The summed E-state index contributed by atoms with van der Waals surface area (Å²) in [6.45, 7) is 1.85. The van der Waals surface area contributed by atoms with Crippen LogP contribution in [0.25, 0.3) is 0 Å². The zero-order valence-electron chi connectivity index (χ0n) is 10.8. The van der Waals surface area contributed by atoms with Gasteiger partial charge >= 0.3 is 5.97 Å². The number of ether oxygens (including phenoxy) is 2. The Balaban J connectivity index is 2.30. The molecule has 0 fully saturated rings. The number of benzene rings is 1. The Morgan fingerprint density at radius 1 is 1.58 bits per heavy atom. The predicted molar refractivity (Wildman–Crippen MR) is 66.9 cm³/mol. The van der Waals surface area contributed by atoms with Crippen LogP contribution in [0.15, 0.2) is 18.2 Å². The van der Waals surface area contributed by atoms with Gasteiger partial charge < -0.3 is 19.5 Å². The lowest BCUT2D eigenvalue weighted by molar-refractivity contribution is -0.153. The minimum Gasteiger partial charge on any atom is -0.482 e. The largest absolute Gasteiger partial charge is 0.482 e. The minimum atomic E-state index is -1.37. The van der Waals surface area contributed by atoms with Gasteiger partial charge in [-0.15, -0.1) is 0 Å². The number of anilines is 1. The number of carbonyl (C=O) groups excluding carboxylic acids is 2. The van der Waals surface area contributed by atoms with Crippen LogP contribution in [0.3, 0.4) is 0 Å².